The number of rotatable bonds is 5. The van der Waals surface area contributed by atoms with Crippen molar-refractivity contribution in [3.05, 3.63) is 46.2 Å². The molecule has 0 saturated carbocycles. The molecular weight excluding hydrogens is 311 g/mol. The highest BCUT2D eigenvalue weighted by Gasteiger charge is 2.18. The number of hydrogen-bond donors (Lipinski definition) is 1. The lowest BCUT2D eigenvalue weighted by atomic mass is 9.95. The molecule has 3 nitrogen and oxygen atoms in total. The number of hydrogen-bond acceptors (Lipinski definition) is 3. The summed E-state index contributed by atoms with van der Waals surface area (Å²) in [5.41, 5.74) is 0.503. The summed E-state index contributed by atoms with van der Waals surface area (Å²) in [6, 6.07) is 6.12. The number of nitrogens with zero attached hydrogens (tertiary/aromatic N) is 1. The highest BCUT2D eigenvalue weighted by atomic mass is 35.5. The zero-order valence-electron chi connectivity index (χ0n) is 11.8. The fraction of sp³-hybridized carbons (Fsp3) is 0.333. The Labute approximate surface area is 132 Å². The van der Waals surface area contributed by atoms with Crippen molar-refractivity contribution < 1.29 is 9.18 Å². The van der Waals surface area contributed by atoms with E-state index in [0.29, 0.717) is 5.69 Å². The molecule has 2 rings (SSSR count). The number of carbonyl (C=O) groups excluding carboxylic acids is 1. The molecular formula is C15H16ClFN2OS. The minimum Gasteiger partial charge on any atom is -0.326 e. The number of benzene rings is 1. The molecule has 0 saturated heterocycles. The van der Waals surface area contributed by atoms with Gasteiger partial charge in [0.2, 0.25) is 5.91 Å². The minimum atomic E-state index is -0.499. The SMILES string of the molecule is CC(CC(C)c1ccns1)C(=O)Nc1ccc(F)c(Cl)c1. The summed E-state index contributed by atoms with van der Waals surface area (Å²) in [5, 5.41) is 2.76. The van der Waals surface area contributed by atoms with Crippen LogP contribution in [0.5, 0.6) is 0 Å². The largest absolute Gasteiger partial charge is 0.326 e. The quantitative estimate of drug-likeness (QED) is 0.865. The minimum absolute atomic E-state index is 0.00141. The van der Waals surface area contributed by atoms with Crippen LogP contribution in [0.25, 0.3) is 0 Å². The Morgan fingerprint density at radius 3 is 2.81 bits per heavy atom. The van der Waals surface area contributed by atoms with Gasteiger partial charge >= 0.3 is 0 Å². The van der Waals surface area contributed by atoms with Gasteiger partial charge in [-0.3, -0.25) is 4.79 Å². The first-order valence-electron chi connectivity index (χ1n) is 6.64. The Balaban J connectivity index is 1.94. The molecule has 0 aliphatic heterocycles. The molecule has 0 bridgehead atoms. The fourth-order valence-electron chi connectivity index (χ4n) is 2.07. The molecule has 1 aromatic heterocycles. The molecule has 0 aliphatic carbocycles. The molecule has 1 N–H and O–H groups in total. The predicted octanol–water partition coefficient (Wildman–Crippen LogP) is 4.70. The number of amides is 1. The van der Waals surface area contributed by atoms with Crippen molar-refractivity contribution in [1.29, 1.82) is 0 Å². The highest BCUT2D eigenvalue weighted by Crippen LogP contribution is 2.26. The Bertz CT molecular complexity index is 618. The molecule has 21 heavy (non-hydrogen) atoms. The number of aromatic nitrogens is 1. The first kappa shape index (κ1) is 15.9. The highest BCUT2D eigenvalue weighted by molar-refractivity contribution is 7.05. The maximum absolute atomic E-state index is 13.1. The third-order valence-corrected chi connectivity index (χ3v) is 4.55. The molecule has 0 radical (unpaired) electrons. The van der Waals surface area contributed by atoms with Crippen molar-refractivity contribution in [2.45, 2.75) is 26.2 Å². The fourth-order valence-corrected chi connectivity index (χ4v) is 2.89. The van der Waals surface area contributed by atoms with Crippen molar-refractivity contribution in [1.82, 2.24) is 4.37 Å². The van der Waals surface area contributed by atoms with E-state index in [2.05, 4.69) is 16.6 Å². The summed E-state index contributed by atoms with van der Waals surface area (Å²) in [6.45, 7) is 3.95. The van der Waals surface area contributed by atoms with Gasteiger partial charge in [0.1, 0.15) is 5.82 Å². The summed E-state index contributed by atoms with van der Waals surface area (Å²) in [4.78, 5) is 13.3. The van der Waals surface area contributed by atoms with Gasteiger partial charge in [-0.25, -0.2) is 8.76 Å². The van der Waals surface area contributed by atoms with Gasteiger partial charge in [-0.15, -0.1) is 0 Å². The Hall–Kier alpha value is -1.46. The van der Waals surface area contributed by atoms with E-state index in [9.17, 15) is 9.18 Å². The number of halogens is 2. The van der Waals surface area contributed by atoms with Crippen molar-refractivity contribution in [2.75, 3.05) is 5.32 Å². The molecule has 2 atom stereocenters. The van der Waals surface area contributed by atoms with Crippen LogP contribution in [-0.2, 0) is 4.79 Å². The summed E-state index contributed by atoms with van der Waals surface area (Å²) >= 11 is 7.15. The first-order valence-corrected chi connectivity index (χ1v) is 7.79. The average Bonchev–Trinajstić information content (AvgIpc) is 2.97. The molecule has 1 aromatic carbocycles. The molecule has 0 spiro atoms. The van der Waals surface area contributed by atoms with Gasteiger partial charge in [0, 0.05) is 22.7 Å². The van der Waals surface area contributed by atoms with Crippen LogP contribution in [0.3, 0.4) is 0 Å². The van der Waals surface area contributed by atoms with Crippen molar-refractivity contribution in [3.8, 4) is 0 Å². The molecule has 112 valence electrons. The first-order chi connectivity index (χ1) is 9.97. The zero-order valence-corrected chi connectivity index (χ0v) is 13.3. The number of anilines is 1. The topological polar surface area (TPSA) is 42.0 Å². The smallest absolute Gasteiger partial charge is 0.227 e. The van der Waals surface area contributed by atoms with E-state index in [1.807, 2.05) is 13.0 Å². The van der Waals surface area contributed by atoms with E-state index in [1.54, 1.807) is 6.20 Å². The monoisotopic (exact) mass is 326 g/mol. The lowest BCUT2D eigenvalue weighted by Crippen LogP contribution is -2.21. The number of nitrogens with one attached hydrogen (secondary N) is 1. The van der Waals surface area contributed by atoms with Crippen LogP contribution in [-0.4, -0.2) is 10.3 Å². The van der Waals surface area contributed by atoms with Crippen LogP contribution in [0, 0.1) is 11.7 Å². The third kappa shape index (κ3) is 4.25. The summed E-state index contributed by atoms with van der Waals surface area (Å²) < 4.78 is 17.1. The van der Waals surface area contributed by atoms with Gasteiger partial charge in [-0.2, -0.15) is 0 Å². The van der Waals surface area contributed by atoms with Crippen LogP contribution >= 0.6 is 23.1 Å². The van der Waals surface area contributed by atoms with Gasteiger partial charge in [-0.05, 0) is 48.1 Å². The van der Waals surface area contributed by atoms with Crippen LogP contribution in [0.1, 0.15) is 31.1 Å². The number of carbonyl (C=O) groups is 1. The summed E-state index contributed by atoms with van der Waals surface area (Å²) in [6.07, 6.45) is 2.49. The van der Waals surface area contributed by atoms with Crippen LogP contribution < -0.4 is 5.32 Å². The van der Waals surface area contributed by atoms with Gasteiger partial charge in [-0.1, -0.05) is 25.4 Å². The average molecular weight is 327 g/mol. The standard InChI is InChI=1S/C15H16ClFN2OS/c1-9(14-5-6-18-21-14)7-10(2)15(20)19-11-3-4-13(17)12(16)8-11/h3-6,8-10H,7H2,1-2H3,(H,19,20). The summed E-state index contributed by atoms with van der Waals surface area (Å²) in [7, 11) is 0. The molecule has 0 aliphatic rings. The van der Waals surface area contributed by atoms with Gasteiger partial charge in [0.25, 0.3) is 0 Å². The van der Waals surface area contributed by atoms with Crippen LogP contribution in [0.15, 0.2) is 30.5 Å². The van der Waals surface area contributed by atoms with Crippen LogP contribution in [0.4, 0.5) is 10.1 Å². The predicted molar refractivity (Wildman–Crippen MR) is 84.3 cm³/mol. The molecule has 1 heterocycles. The second-order valence-electron chi connectivity index (χ2n) is 5.07. The molecule has 2 unspecified atom stereocenters. The van der Waals surface area contributed by atoms with E-state index >= 15 is 0 Å². The lowest BCUT2D eigenvalue weighted by Gasteiger charge is -2.16. The van der Waals surface area contributed by atoms with Gasteiger partial charge in [0.15, 0.2) is 0 Å². The van der Waals surface area contributed by atoms with Crippen LogP contribution in [0.2, 0.25) is 5.02 Å². The maximum Gasteiger partial charge on any atom is 0.227 e. The van der Waals surface area contributed by atoms with Crippen molar-refractivity contribution >= 4 is 34.7 Å². The van der Waals surface area contributed by atoms with Crippen molar-refractivity contribution in [3.63, 3.8) is 0 Å². The molecule has 1 amide bonds. The Kier molecular flexibility index (Phi) is 5.31. The molecule has 6 heteroatoms. The second kappa shape index (κ2) is 7.00. The maximum atomic E-state index is 13.1. The van der Waals surface area contributed by atoms with Crippen molar-refractivity contribution in [2.24, 2.45) is 5.92 Å². The Morgan fingerprint density at radius 1 is 1.43 bits per heavy atom. The van der Waals surface area contributed by atoms with E-state index in [0.717, 1.165) is 6.42 Å². The zero-order chi connectivity index (χ0) is 15.4. The third-order valence-electron chi connectivity index (χ3n) is 3.29. The normalized spacial score (nSPS) is 13.7. The van der Waals surface area contributed by atoms with E-state index in [-0.39, 0.29) is 22.8 Å². The second-order valence-corrected chi connectivity index (χ2v) is 6.34. The van der Waals surface area contributed by atoms with Gasteiger partial charge < -0.3 is 5.32 Å². The lowest BCUT2D eigenvalue weighted by molar-refractivity contribution is -0.119. The summed E-state index contributed by atoms with van der Waals surface area (Å²) in [5.74, 6) is -0.489. The van der Waals surface area contributed by atoms with E-state index in [4.69, 9.17) is 11.6 Å². The van der Waals surface area contributed by atoms with E-state index in [1.165, 1.54) is 34.6 Å². The Morgan fingerprint density at radius 2 is 2.19 bits per heavy atom. The molecule has 2 aromatic rings. The van der Waals surface area contributed by atoms with E-state index < -0.39 is 5.82 Å². The van der Waals surface area contributed by atoms with Gasteiger partial charge in [0.05, 0.1) is 5.02 Å². The molecule has 0 fully saturated rings.